The first kappa shape index (κ1) is 18.9. The first-order valence-electron chi connectivity index (χ1n) is 9.55. The maximum atomic E-state index is 13.1. The van der Waals surface area contributed by atoms with E-state index in [1.54, 1.807) is 22.0 Å². The molecule has 7 nitrogen and oxygen atoms in total. The second kappa shape index (κ2) is 7.50. The van der Waals surface area contributed by atoms with E-state index in [4.69, 9.17) is 0 Å². The summed E-state index contributed by atoms with van der Waals surface area (Å²) >= 11 is 0. The van der Waals surface area contributed by atoms with Gasteiger partial charge in [0.1, 0.15) is 12.7 Å². The van der Waals surface area contributed by atoms with Crippen molar-refractivity contribution in [3.8, 4) is 5.69 Å². The number of aliphatic carboxylic acids is 1. The number of piperidine rings is 1. The molecule has 2 heterocycles. The Morgan fingerprint density at radius 2 is 1.79 bits per heavy atom. The number of amides is 1. The molecule has 1 aromatic heterocycles. The fourth-order valence-electron chi connectivity index (χ4n) is 4.02. The van der Waals surface area contributed by atoms with Gasteiger partial charge in [0, 0.05) is 18.7 Å². The summed E-state index contributed by atoms with van der Waals surface area (Å²) in [7, 11) is 0. The molecule has 0 bridgehead atoms. The number of hydrogen-bond acceptors (Lipinski definition) is 4. The van der Waals surface area contributed by atoms with E-state index in [1.165, 1.54) is 6.33 Å². The summed E-state index contributed by atoms with van der Waals surface area (Å²) in [6, 6.07) is 14.8. The smallest absolute Gasteiger partial charge is 0.314 e. The quantitative estimate of drug-likeness (QED) is 0.740. The van der Waals surface area contributed by atoms with Crippen LogP contribution in [0.4, 0.5) is 0 Å². The minimum atomic E-state index is -0.940. The van der Waals surface area contributed by atoms with Gasteiger partial charge in [0.05, 0.1) is 11.1 Å². The average Bonchev–Trinajstić information content (AvgIpc) is 3.29. The zero-order valence-electron chi connectivity index (χ0n) is 16.2. The van der Waals surface area contributed by atoms with Crippen molar-refractivity contribution in [1.29, 1.82) is 0 Å². The average molecular weight is 390 g/mol. The molecule has 1 saturated heterocycles. The second-order valence-corrected chi connectivity index (χ2v) is 7.38. The first-order chi connectivity index (χ1) is 14.0. The Labute approximate surface area is 168 Å². The Balaban J connectivity index is 1.53. The maximum absolute atomic E-state index is 13.1. The highest BCUT2D eigenvalue weighted by molar-refractivity contribution is 5.96. The molecule has 29 heavy (non-hydrogen) atoms. The van der Waals surface area contributed by atoms with E-state index in [0.29, 0.717) is 31.5 Å². The van der Waals surface area contributed by atoms with Crippen molar-refractivity contribution in [3.05, 3.63) is 77.9 Å². The van der Waals surface area contributed by atoms with Gasteiger partial charge in [-0.15, -0.1) is 0 Å². The number of aromatic nitrogens is 3. The predicted octanol–water partition coefficient (Wildman–Crippen LogP) is 2.83. The van der Waals surface area contributed by atoms with E-state index in [-0.39, 0.29) is 5.91 Å². The third-order valence-electron chi connectivity index (χ3n) is 5.76. The van der Waals surface area contributed by atoms with Crippen molar-refractivity contribution in [2.45, 2.75) is 25.2 Å². The molecule has 2 aromatic carbocycles. The molecular weight excluding hydrogens is 368 g/mol. The van der Waals surface area contributed by atoms with E-state index >= 15 is 0 Å². The van der Waals surface area contributed by atoms with Crippen molar-refractivity contribution in [2.24, 2.45) is 0 Å². The zero-order chi connectivity index (χ0) is 20.4. The van der Waals surface area contributed by atoms with E-state index in [0.717, 1.165) is 16.8 Å². The molecule has 1 aliphatic heterocycles. The summed E-state index contributed by atoms with van der Waals surface area (Å²) in [5, 5.41) is 14.0. The molecular formula is C22H22N4O3. The van der Waals surface area contributed by atoms with E-state index in [1.807, 2.05) is 49.4 Å². The van der Waals surface area contributed by atoms with Crippen molar-refractivity contribution < 1.29 is 14.7 Å². The molecule has 1 aliphatic rings. The van der Waals surface area contributed by atoms with Gasteiger partial charge in [-0.1, -0.05) is 30.3 Å². The number of aryl methyl sites for hydroxylation is 1. The number of carboxylic acids is 1. The minimum Gasteiger partial charge on any atom is -0.481 e. The van der Waals surface area contributed by atoms with Gasteiger partial charge in [0.25, 0.3) is 5.91 Å². The van der Waals surface area contributed by atoms with Gasteiger partial charge in [0.15, 0.2) is 0 Å². The van der Waals surface area contributed by atoms with Crippen LogP contribution in [-0.4, -0.2) is 49.7 Å². The fraction of sp³-hybridized carbons (Fsp3) is 0.273. The molecule has 7 heteroatoms. The Hall–Kier alpha value is -3.48. The molecule has 0 spiro atoms. The molecule has 0 unspecified atom stereocenters. The highest BCUT2D eigenvalue weighted by atomic mass is 16.4. The van der Waals surface area contributed by atoms with Crippen molar-refractivity contribution in [2.75, 3.05) is 13.1 Å². The van der Waals surface area contributed by atoms with Gasteiger partial charge in [-0.3, -0.25) is 9.59 Å². The van der Waals surface area contributed by atoms with Crippen LogP contribution in [0.1, 0.15) is 34.3 Å². The Morgan fingerprint density at radius 1 is 1.07 bits per heavy atom. The maximum Gasteiger partial charge on any atom is 0.314 e. The SMILES string of the molecule is Cc1cc(-n2cncn2)ccc1C(=O)N1CCC(C(=O)O)(c2ccccc2)CC1. The van der Waals surface area contributed by atoms with Crippen LogP contribution in [-0.2, 0) is 10.2 Å². The molecule has 4 rings (SSSR count). The third kappa shape index (κ3) is 3.40. The number of likely N-dealkylation sites (tertiary alicyclic amines) is 1. The number of carbonyl (C=O) groups is 2. The van der Waals surface area contributed by atoms with Gasteiger partial charge in [-0.2, -0.15) is 5.10 Å². The summed E-state index contributed by atoms with van der Waals surface area (Å²) in [6.45, 7) is 2.71. The van der Waals surface area contributed by atoms with E-state index in [2.05, 4.69) is 10.1 Å². The minimum absolute atomic E-state index is 0.0697. The normalized spacial score (nSPS) is 15.8. The van der Waals surface area contributed by atoms with Crippen LogP contribution < -0.4 is 0 Å². The lowest BCUT2D eigenvalue weighted by Gasteiger charge is -2.39. The summed E-state index contributed by atoms with van der Waals surface area (Å²) in [5.74, 6) is -0.899. The Kier molecular flexibility index (Phi) is 4.88. The number of carbonyl (C=O) groups excluding carboxylic acids is 1. The molecule has 0 radical (unpaired) electrons. The number of nitrogens with zero attached hydrogens (tertiary/aromatic N) is 4. The molecule has 148 valence electrons. The number of carboxylic acid groups (broad SMARTS) is 1. The van der Waals surface area contributed by atoms with Gasteiger partial charge in [-0.25, -0.2) is 9.67 Å². The van der Waals surface area contributed by atoms with Gasteiger partial charge >= 0.3 is 5.97 Å². The molecule has 3 aromatic rings. The lowest BCUT2D eigenvalue weighted by Crippen LogP contribution is -2.49. The van der Waals surface area contributed by atoms with E-state index < -0.39 is 11.4 Å². The zero-order valence-corrected chi connectivity index (χ0v) is 16.2. The number of hydrogen-bond donors (Lipinski definition) is 1. The van der Waals surface area contributed by atoms with Crippen molar-refractivity contribution >= 4 is 11.9 Å². The molecule has 0 aliphatic carbocycles. The van der Waals surface area contributed by atoms with Crippen LogP contribution in [0.25, 0.3) is 5.69 Å². The molecule has 0 atom stereocenters. The molecule has 0 saturated carbocycles. The van der Waals surface area contributed by atoms with Crippen molar-refractivity contribution in [3.63, 3.8) is 0 Å². The second-order valence-electron chi connectivity index (χ2n) is 7.38. The van der Waals surface area contributed by atoms with Crippen LogP contribution in [0.3, 0.4) is 0 Å². The molecule has 1 fully saturated rings. The predicted molar refractivity (Wildman–Crippen MR) is 107 cm³/mol. The molecule has 1 amide bonds. The highest BCUT2D eigenvalue weighted by Crippen LogP contribution is 2.36. The van der Waals surface area contributed by atoms with Crippen molar-refractivity contribution in [1.82, 2.24) is 19.7 Å². The van der Waals surface area contributed by atoms with Gasteiger partial charge in [-0.05, 0) is 49.1 Å². The van der Waals surface area contributed by atoms with Crippen LogP contribution >= 0.6 is 0 Å². The standard InChI is InChI=1S/C22H22N4O3/c1-16-13-18(26-15-23-14-24-26)7-8-19(16)20(27)25-11-9-22(10-12-25,21(28)29)17-5-3-2-4-6-17/h2-8,13-15H,9-12H2,1H3,(H,28,29). The largest absolute Gasteiger partial charge is 0.481 e. The number of rotatable bonds is 4. The van der Waals surface area contributed by atoms with Gasteiger partial charge in [0.2, 0.25) is 0 Å². The van der Waals surface area contributed by atoms with Crippen LogP contribution in [0, 0.1) is 6.92 Å². The Morgan fingerprint density at radius 3 is 2.38 bits per heavy atom. The van der Waals surface area contributed by atoms with Crippen LogP contribution in [0.2, 0.25) is 0 Å². The third-order valence-corrected chi connectivity index (χ3v) is 5.76. The van der Waals surface area contributed by atoms with Crippen LogP contribution in [0.5, 0.6) is 0 Å². The molecule has 1 N–H and O–H groups in total. The fourth-order valence-corrected chi connectivity index (χ4v) is 4.02. The lowest BCUT2D eigenvalue weighted by molar-refractivity contribution is -0.145. The van der Waals surface area contributed by atoms with Crippen LogP contribution in [0.15, 0.2) is 61.2 Å². The summed E-state index contributed by atoms with van der Waals surface area (Å²) in [5.41, 5.74) is 2.17. The Bertz CT molecular complexity index is 1020. The highest BCUT2D eigenvalue weighted by Gasteiger charge is 2.44. The monoisotopic (exact) mass is 390 g/mol. The first-order valence-corrected chi connectivity index (χ1v) is 9.55. The summed E-state index contributed by atoms with van der Waals surface area (Å²) in [6.07, 6.45) is 3.86. The topological polar surface area (TPSA) is 88.3 Å². The summed E-state index contributed by atoms with van der Waals surface area (Å²) < 4.78 is 1.64. The van der Waals surface area contributed by atoms with E-state index in [9.17, 15) is 14.7 Å². The summed E-state index contributed by atoms with van der Waals surface area (Å²) in [4.78, 5) is 30.9. The van der Waals surface area contributed by atoms with Gasteiger partial charge < -0.3 is 10.0 Å². The lowest BCUT2D eigenvalue weighted by atomic mass is 9.72. The number of benzene rings is 2.